The zero-order chi connectivity index (χ0) is 45.8. The molecule has 0 amide bonds. The highest BCUT2D eigenvalue weighted by molar-refractivity contribution is 6.13. The summed E-state index contributed by atoms with van der Waals surface area (Å²) in [6, 6.07) is 34.5. The van der Waals surface area contributed by atoms with Gasteiger partial charge >= 0.3 is 0 Å². The molecule has 6 heteroatoms. The van der Waals surface area contributed by atoms with Crippen LogP contribution in [-0.4, -0.2) is 33.6 Å². The molecule has 6 rings (SSSR count). The normalized spacial score (nSPS) is 13.0. The van der Waals surface area contributed by atoms with Gasteiger partial charge in [0.25, 0.3) is 0 Å². The fourth-order valence-electron chi connectivity index (χ4n) is 7.39. The van der Waals surface area contributed by atoms with E-state index in [1.165, 1.54) is 0 Å². The minimum absolute atomic E-state index is 0.435. The number of ether oxygens (including phenoxy) is 6. The van der Waals surface area contributed by atoms with Crippen molar-refractivity contribution in [3.8, 4) is 67.9 Å². The first kappa shape index (κ1) is 46.2. The van der Waals surface area contributed by atoms with Gasteiger partial charge in [0.2, 0.25) is 0 Å². The Labute approximate surface area is 371 Å². The van der Waals surface area contributed by atoms with Gasteiger partial charge in [0.05, 0.1) is 0 Å². The third kappa shape index (κ3) is 12.0. The Bertz CT molecular complexity index is 2570. The molecule has 6 aromatic rings. The van der Waals surface area contributed by atoms with Crippen LogP contribution in [0, 0.1) is 0 Å². The number of benzene rings is 6. The summed E-state index contributed by atoms with van der Waals surface area (Å²) in [6.45, 7) is 37.1. The Hall–Kier alpha value is -5.36. The van der Waals surface area contributed by atoms with Crippen LogP contribution in [0.25, 0.3) is 54.9 Å². The molecule has 0 N–H and O–H groups in total. The van der Waals surface area contributed by atoms with Crippen LogP contribution in [0.15, 0.2) is 97.1 Å². The van der Waals surface area contributed by atoms with Gasteiger partial charge in [0.1, 0.15) is 33.6 Å². The molecule has 6 nitrogen and oxygen atoms in total. The molecule has 62 heavy (non-hydrogen) atoms. The molecular formula is C56H70O6. The summed E-state index contributed by atoms with van der Waals surface area (Å²) in [4.78, 5) is 0. The summed E-state index contributed by atoms with van der Waals surface area (Å²) in [5.74, 6) is 4.06. The van der Waals surface area contributed by atoms with Crippen molar-refractivity contribution >= 4 is 21.5 Å². The average molecular weight is 839 g/mol. The van der Waals surface area contributed by atoms with E-state index in [9.17, 15) is 0 Å². The van der Waals surface area contributed by atoms with Gasteiger partial charge in [-0.1, -0.05) is 42.5 Å². The number of fused-ring (bicyclic) bond motifs is 2. The third-order valence-corrected chi connectivity index (χ3v) is 9.22. The van der Waals surface area contributed by atoms with Gasteiger partial charge in [-0.3, -0.25) is 0 Å². The Morgan fingerprint density at radius 1 is 0.274 bits per heavy atom. The van der Waals surface area contributed by atoms with Crippen molar-refractivity contribution in [2.24, 2.45) is 0 Å². The fourth-order valence-corrected chi connectivity index (χ4v) is 7.39. The van der Waals surface area contributed by atoms with E-state index >= 15 is 0 Å². The predicted octanol–water partition coefficient (Wildman–Crippen LogP) is 16.1. The Morgan fingerprint density at radius 3 is 0.984 bits per heavy atom. The van der Waals surface area contributed by atoms with Gasteiger partial charge < -0.3 is 28.4 Å². The van der Waals surface area contributed by atoms with Crippen LogP contribution in [0.3, 0.4) is 0 Å². The van der Waals surface area contributed by atoms with Crippen molar-refractivity contribution in [1.29, 1.82) is 0 Å². The van der Waals surface area contributed by atoms with Gasteiger partial charge in [0, 0.05) is 0 Å². The molecule has 6 aromatic carbocycles. The van der Waals surface area contributed by atoms with E-state index in [0.717, 1.165) is 54.9 Å². The lowest BCUT2D eigenvalue weighted by atomic mass is 9.83. The quantitative estimate of drug-likeness (QED) is 0.135. The lowest BCUT2D eigenvalue weighted by Crippen LogP contribution is -2.26. The van der Waals surface area contributed by atoms with E-state index in [4.69, 9.17) is 28.4 Å². The number of hydrogen-bond acceptors (Lipinski definition) is 6. The van der Waals surface area contributed by atoms with Crippen molar-refractivity contribution in [2.75, 3.05) is 0 Å². The van der Waals surface area contributed by atoms with Crippen molar-refractivity contribution in [1.82, 2.24) is 0 Å². The van der Waals surface area contributed by atoms with Gasteiger partial charge in [-0.2, -0.15) is 0 Å². The molecule has 0 bridgehead atoms. The van der Waals surface area contributed by atoms with E-state index in [1.807, 2.05) is 18.2 Å². The molecule has 0 atom stereocenters. The molecule has 0 radical (unpaired) electrons. The Kier molecular flexibility index (Phi) is 12.2. The number of hydrogen-bond donors (Lipinski definition) is 0. The maximum absolute atomic E-state index is 6.75. The molecule has 0 spiro atoms. The summed E-state index contributed by atoms with van der Waals surface area (Å²) in [5.41, 5.74) is 3.22. The van der Waals surface area contributed by atoms with Gasteiger partial charge in [0.15, 0.2) is 34.5 Å². The van der Waals surface area contributed by atoms with Gasteiger partial charge in [-0.05, 0) is 234 Å². The smallest absolute Gasteiger partial charge is 0.162 e. The molecule has 0 aliphatic carbocycles. The maximum atomic E-state index is 6.75. The largest absolute Gasteiger partial charge is 0.484 e. The molecule has 0 saturated heterocycles. The van der Waals surface area contributed by atoms with Gasteiger partial charge in [-0.25, -0.2) is 0 Å². The van der Waals surface area contributed by atoms with Crippen LogP contribution < -0.4 is 28.4 Å². The van der Waals surface area contributed by atoms with E-state index < -0.39 is 33.6 Å². The minimum atomic E-state index is -0.493. The second-order valence-corrected chi connectivity index (χ2v) is 22.4. The van der Waals surface area contributed by atoms with E-state index in [0.29, 0.717) is 34.5 Å². The second-order valence-electron chi connectivity index (χ2n) is 22.4. The fraction of sp³-hybridized carbons (Fsp3) is 0.429. The molecule has 0 aliphatic rings. The standard InChI is InChI=1S/C56H70O6/c1-51(2,3)57-43-26-23-37(32-46(43)60-54(10,11)12)41-31-40-29-35-21-19-20-22-36(35)30-42(40)50(39-25-28-45(59-53(7,8)9)48(34-39)62-56(16,17)18)49(41)38-24-27-44(58-52(4,5)6)47(33-38)61-55(13,14)15/h19-34H,1-18H3. The highest BCUT2D eigenvalue weighted by Gasteiger charge is 2.28. The lowest BCUT2D eigenvalue weighted by Gasteiger charge is -2.29. The predicted molar refractivity (Wildman–Crippen MR) is 260 cm³/mol. The summed E-state index contributed by atoms with van der Waals surface area (Å²) in [5, 5.41) is 4.50. The SMILES string of the molecule is CC(C)(C)Oc1ccc(-c2cc3cc4ccccc4cc3c(-c3ccc(OC(C)(C)C)c(OC(C)(C)C)c3)c2-c2ccc(OC(C)(C)C)c(OC(C)(C)C)c2)cc1OC(C)(C)C. The van der Waals surface area contributed by atoms with Crippen LogP contribution in [0.5, 0.6) is 34.5 Å². The summed E-state index contributed by atoms with van der Waals surface area (Å²) >= 11 is 0. The van der Waals surface area contributed by atoms with Crippen LogP contribution >= 0.6 is 0 Å². The van der Waals surface area contributed by atoms with E-state index in [1.54, 1.807) is 0 Å². The summed E-state index contributed by atoms with van der Waals surface area (Å²) in [6.07, 6.45) is 0. The van der Waals surface area contributed by atoms with Crippen LogP contribution in [0.4, 0.5) is 0 Å². The topological polar surface area (TPSA) is 55.4 Å². The molecular weight excluding hydrogens is 769 g/mol. The molecule has 0 aliphatic heterocycles. The lowest BCUT2D eigenvalue weighted by molar-refractivity contribution is 0.0958. The van der Waals surface area contributed by atoms with E-state index in [2.05, 4.69) is 203 Å². The highest BCUT2D eigenvalue weighted by Crippen LogP contribution is 2.50. The highest BCUT2D eigenvalue weighted by atomic mass is 16.6. The Balaban J connectivity index is 1.81. The second kappa shape index (κ2) is 16.4. The monoisotopic (exact) mass is 839 g/mol. The van der Waals surface area contributed by atoms with Crippen molar-refractivity contribution < 1.29 is 28.4 Å². The van der Waals surface area contributed by atoms with E-state index in [-0.39, 0.29) is 0 Å². The maximum Gasteiger partial charge on any atom is 0.162 e. The van der Waals surface area contributed by atoms with Crippen LogP contribution in [0.2, 0.25) is 0 Å². The van der Waals surface area contributed by atoms with Crippen LogP contribution in [-0.2, 0) is 0 Å². The molecule has 0 saturated carbocycles. The van der Waals surface area contributed by atoms with Crippen LogP contribution in [0.1, 0.15) is 125 Å². The molecule has 0 fully saturated rings. The molecule has 330 valence electrons. The summed E-state index contributed by atoms with van der Waals surface area (Å²) < 4.78 is 39.8. The first-order valence-electron chi connectivity index (χ1n) is 22.0. The minimum Gasteiger partial charge on any atom is -0.484 e. The first-order chi connectivity index (χ1) is 28.4. The van der Waals surface area contributed by atoms with Crippen molar-refractivity contribution in [3.63, 3.8) is 0 Å². The van der Waals surface area contributed by atoms with Gasteiger partial charge in [-0.15, -0.1) is 0 Å². The van der Waals surface area contributed by atoms with Crippen molar-refractivity contribution in [3.05, 3.63) is 97.1 Å². The average Bonchev–Trinajstić information content (AvgIpc) is 3.09. The first-order valence-corrected chi connectivity index (χ1v) is 22.0. The molecule has 0 heterocycles. The third-order valence-electron chi connectivity index (χ3n) is 9.22. The Morgan fingerprint density at radius 2 is 0.597 bits per heavy atom. The van der Waals surface area contributed by atoms with Crippen molar-refractivity contribution in [2.45, 2.75) is 158 Å². The summed E-state index contributed by atoms with van der Waals surface area (Å²) in [7, 11) is 0. The number of rotatable bonds is 9. The zero-order valence-corrected chi connectivity index (χ0v) is 40.7. The zero-order valence-electron chi connectivity index (χ0n) is 40.7. The molecule has 0 aromatic heterocycles. The molecule has 0 unspecified atom stereocenters.